The molecule has 0 radical (unpaired) electrons. The number of carbonyl (C=O) groups is 2. The summed E-state index contributed by atoms with van der Waals surface area (Å²) in [6, 6.07) is 13.3. The zero-order valence-electron chi connectivity index (χ0n) is 17.9. The molecule has 170 valence electrons. The minimum absolute atomic E-state index is 0.0258. The fraction of sp³-hybridized carbons (Fsp3) is 0.391. The van der Waals surface area contributed by atoms with Gasteiger partial charge in [0.2, 0.25) is 15.9 Å². The van der Waals surface area contributed by atoms with Crippen LogP contribution < -0.4 is 9.47 Å². The maximum atomic E-state index is 12.9. The Balaban J connectivity index is 1.33. The van der Waals surface area contributed by atoms with Gasteiger partial charge < -0.3 is 14.4 Å². The fourth-order valence-corrected chi connectivity index (χ4v) is 5.11. The molecular formula is C23H26N2O6S. The van der Waals surface area contributed by atoms with Gasteiger partial charge in [-0.3, -0.25) is 9.59 Å². The average molecular weight is 459 g/mol. The molecule has 2 aromatic rings. The molecule has 9 heteroatoms. The topological polar surface area (TPSA) is 93.2 Å². The van der Waals surface area contributed by atoms with E-state index in [-0.39, 0.29) is 29.0 Å². The van der Waals surface area contributed by atoms with Crippen molar-refractivity contribution in [3.8, 4) is 11.5 Å². The summed E-state index contributed by atoms with van der Waals surface area (Å²) in [7, 11) is -2.33. The fourth-order valence-electron chi connectivity index (χ4n) is 3.97. The number of nitrogens with zero attached hydrogens (tertiary/aromatic N) is 2. The van der Waals surface area contributed by atoms with E-state index in [1.165, 1.54) is 19.2 Å². The van der Waals surface area contributed by atoms with Crippen LogP contribution in [-0.2, 0) is 14.8 Å². The second kappa shape index (κ2) is 9.30. The maximum absolute atomic E-state index is 12.9. The second-order valence-corrected chi connectivity index (χ2v) is 10.00. The van der Waals surface area contributed by atoms with E-state index < -0.39 is 10.0 Å². The van der Waals surface area contributed by atoms with E-state index in [9.17, 15) is 18.0 Å². The van der Waals surface area contributed by atoms with Crippen molar-refractivity contribution < 1.29 is 27.5 Å². The molecule has 0 aromatic heterocycles. The van der Waals surface area contributed by atoms with Crippen LogP contribution in [0.15, 0.2) is 53.4 Å². The number of piperidine rings is 1. The summed E-state index contributed by atoms with van der Waals surface area (Å²) in [6.07, 6.45) is 1.07. The van der Waals surface area contributed by atoms with Crippen molar-refractivity contribution in [1.29, 1.82) is 0 Å². The third-order valence-corrected chi connectivity index (χ3v) is 7.67. The highest BCUT2D eigenvalue weighted by atomic mass is 32.2. The first-order chi connectivity index (χ1) is 15.4. The van der Waals surface area contributed by atoms with E-state index in [4.69, 9.17) is 9.47 Å². The third-order valence-electron chi connectivity index (χ3n) is 5.85. The lowest BCUT2D eigenvalue weighted by Crippen LogP contribution is -2.45. The Hall–Kier alpha value is -2.91. The molecule has 0 aliphatic carbocycles. The standard InChI is InChI=1S/C23H26N2O6S/c1-24(32(28,29)19-5-3-2-4-6-19)16-22(26)25-11-9-17(10-12-25)23(27)18-7-8-20-21(15-18)31-14-13-30-20/h2-8,15,17H,9-14,16H2,1H3. The SMILES string of the molecule is CN(CC(=O)N1CCC(C(=O)c2ccc3c(c2)OCCO3)CC1)S(=O)(=O)c1ccccc1. The highest BCUT2D eigenvalue weighted by Crippen LogP contribution is 2.32. The summed E-state index contributed by atoms with van der Waals surface area (Å²) < 4.78 is 37.4. The summed E-state index contributed by atoms with van der Waals surface area (Å²) in [6.45, 7) is 1.55. The highest BCUT2D eigenvalue weighted by molar-refractivity contribution is 7.89. The number of sulfonamides is 1. The molecule has 1 fully saturated rings. The average Bonchev–Trinajstić information content (AvgIpc) is 2.83. The molecule has 1 amide bonds. The molecule has 0 atom stereocenters. The molecule has 8 nitrogen and oxygen atoms in total. The Morgan fingerprint density at radius 1 is 1.00 bits per heavy atom. The number of likely N-dealkylation sites (N-methyl/N-ethyl adjacent to an activating group) is 1. The molecule has 0 bridgehead atoms. The summed E-state index contributed by atoms with van der Waals surface area (Å²) in [5.74, 6) is 0.794. The van der Waals surface area contributed by atoms with E-state index in [0.717, 1.165) is 4.31 Å². The van der Waals surface area contributed by atoms with Gasteiger partial charge in [-0.2, -0.15) is 4.31 Å². The summed E-state index contributed by atoms with van der Waals surface area (Å²) >= 11 is 0. The summed E-state index contributed by atoms with van der Waals surface area (Å²) in [4.78, 5) is 27.4. The molecular weight excluding hydrogens is 432 g/mol. The number of hydrogen-bond donors (Lipinski definition) is 0. The van der Waals surface area contributed by atoms with Gasteiger partial charge in [0.15, 0.2) is 17.3 Å². The largest absolute Gasteiger partial charge is 0.486 e. The monoisotopic (exact) mass is 458 g/mol. The Labute approximate surface area is 187 Å². The number of ether oxygens (including phenoxy) is 2. The molecule has 32 heavy (non-hydrogen) atoms. The maximum Gasteiger partial charge on any atom is 0.243 e. The second-order valence-electron chi connectivity index (χ2n) is 7.95. The molecule has 0 N–H and O–H groups in total. The van der Waals surface area contributed by atoms with Gasteiger partial charge in [0.05, 0.1) is 11.4 Å². The van der Waals surface area contributed by atoms with Gasteiger partial charge in [-0.15, -0.1) is 0 Å². The van der Waals surface area contributed by atoms with Gasteiger partial charge in [0, 0.05) is 31.6 Å². The number of Topliss-reactive ketones (excluding diaryl/α,β-unsaturated/α-hetero) is 1. The van der Waals surface area contributed by atoms with Crippen LogP contribution in [0.1, 0.15) is 23.2 Å². The lowest BCUT2D eigenvalue weighted by Gasteiger charge is -2.32. The number of likely N-dealkylation sites (tertiary alicyclic amines) is 1. The van der Waals surface area contributed by atoms with Gasteiger partial charge in [0.1, 0.15) is 13.2 Å². The summed E-state index contributed by atoms with van der Waals surface area (Å²) in [5.41, 5.74) is 0.577. The molecule has 0 spiro atoms. The van der Waals surface area contributed by atoms with E-state index in [1.54, 1.807) is 41.3 Å². The molecule has 2 aliphatic rings. The van der Waals surface area contributed by atoms with Crippen LogP contribution in [0.5, 0.6) is 11.5 Å². The predicted molar refractivity (Wildman–Crippen MR) is 117 cm³/mol. The van der Waals surface area contributed by atoms with Crippen molar-refractivity contribution >= 4 is 21.7 Å². The Kier molecular flexibility index (Phi) is 6.48. The van der Waals surface area contributed by atoms with E-state index in [1.807, 2.05) is 0 Å². The predicted octanol–water partition coefficient (Wildman–Crippen LogP) is 2.20. The Morgan fingerprint density at radius 3 is 2.34 bits per heavy atom. The number of amides is 1. The van der Waals surface area contributed by atoms with Crippen molar-refractivity contribution in [2.45, 2.75) is 17.7 Å². The molecule has 2 aliphatic heterocycles. The Morgan fingerprint density at radius 2 is 1.66 bits per heavy atom. The van der Waals surface area contributed by atoms with Crippen LogP contribution in [0.3, 0.4) is 0 Å². The van der Waals surface area contributed by atoms with Crippen molar-refractivity contribution in [3.05, 3.63) is 54.1 Å². The number of ketones is 1. The van der Waals surface area contributed by atoms with Crippen LogP contribution >= 0.6 is 0 Å². The van der Waals surface area contributed by atoms with Crippen molar-refractivity contribution in [1.82, 2.24) is 9.21 Å². The van der Waals surface area contributed by atoms with E-state index in [2.05, 4.69) is 0 Å². The van der Waals surface area contributed by atoms with Crippen molar-refractivity contribution in [3.63, 3.8) is 0 Å². The van der Waals surface area contributed by atoms with Crippen LogP contribution in [-0.4, -0.2) is 69.2 Å². The van der Waals surface area contributed by atoms with Crippen LogP contribution in [0, 0.1) is 5.92 Å². The quantitative estimate of drug-likeness (QED) is 0.616. The number of benzene rings is 2. The minimum atomic E-state index is -3.73. The molecule has 2 heterocycles. The first-order valence-corrected chi connectivity index (χ1v) is 12.0. The summed E-state index contributed by atoms with van der Waals surface area (Å²) in [5, 5.41) is 0. The zero-order chi connectivity index (χ0) is 22.7. The number of hydrogen-bond acceptors (Lipinski definition) is 6. The van der Waals surface area contributed by atoms with Gasteiger partial charge in [0.25, 0.3) is 0 Å². The normalized spacial score (nSPS) is 16.8. The number of fused-ring (bicyclic) bond motifs is 1. The van der Waals surface area contributed by atoms with E-state index in [0.29, 0.717) is 56.2 Å². The minimum Gasteiger partial charge on any atom is -0.486 e. The molecule has 4 rings (SSSR count). The van der Waals surface area contributed by atoms with Crippen LogP contribution in [0.2, 0.25) is 0 Å². The molecule has 2 aromatic carbocycles. The van der Waals surface area contributed by atoms with Gasteiger partial charge in [-0.05, 0) is 43.2 Å². The molecule has 1 saturated heterocycles. The lowest BCUT2D eigenvalue weighted by molar-refractivity contribution is -0.132. The number of carbonyl (C=O) groups excluding carboxylic acids is 2. The van der Waals surface area contributed by atoms with Crippen LogP contribution in [0.25, 0.3) is 0 Å². The van der Waals surface area contributed by atoms with Crippen molar-refractivity contribution in [2.24, 2.45) is 5.92 Å². The molecule has 0 saturated carbocycles. The third kappa shape index (κ3) is 4.63. The number of rotatable bonds is 6. The smallest absolute Gasteiger partial charge is 0.243 e. The van der Waals surface area contributed by atoms with Gasteiger partial charge >= 0.3 is 0 Å². The highest BCUT2D eigenvalue weighted by Gasteiger charge is 2.31. The Bertz CT molecular complexity index is 1090. The van der Waals surface area contributed by atoms with Crippen LogP contribution in [0.4, 0.5) is 0 Å². The first kappa shape index (κ1) is 22.3. The van der Waals surface area contributed by atoms with Crippen molar-refractivity contribution in [2.75, 3.05) is 39.9 Å². The zero-order valence-corrected chi connectivity index (χ0v) is 18.7. The van der Waals surface area contributed by atoms with Gasteiger partial charge in [-0.25, -0.2) is 8.42 Å². The van der Waals surface area contributed by atoms with Gasteiger partial charge in [-0.1, -0.05) is 18.2 Å². The van der Waals surface area contributed by atoms with E-state index >= 15 is 0 Å². The molecule has 0 unspecified atom stereocenters. The first-order valence-electron chi connectivity index (χ1n) is 10.6. The lowest BCUT2D eigenvalue weighted by atomic mass is 9.88.